The maximum Gasteiger partial charge on any atom is 0.108 e. The van der Waals surface area contributed by atoms with Crippen LogP contribution in [0.1, 0.15) is 25.1 Å². The lowest BCUT2D eigenvalue weighted by molar-refractivity contribution is 0.157. The van der Waals surface area contributed by atoms with E-state index >= 15 is 0 Å². The van der Waals surface area contributed by atoms with E-state index in [1.54, 1.807) is 0 Å². The van der Waals surface area contributed by atoms with Gasteiger partial charge in [-0.15, -0.1) is 0 Å². The fraction of sp³-hybridized carbons (Fsp3) is 0.769. The third-order valence-corrected chi connectivity index (χ3v) is 3.63. The van der Waals surface area contributed by atoms with Gasteiger partial charge in [-0.05, 0) is 31.7 Å². The van der Waals surface area contributed by atoms with Crippen LogP contribution in [-0.2, 0) is 13.5 Å². The highest BCUT2D eigenvalue weighted by Gasteiger charge is 2.20. The second kappa shape index (κ2) is 6.17. The molecular weight excluding hydrogens is 214 g/mol. The van der Waals surface area contributed by atoms with Gasteiger partial charge in [-0.25, -0.2) is 4.98 Å². The molecule has 1 aliphatic heterocycles. The van der Waals surface area contributed by atoms with Gasteiger partial charge in [0.1, 0.15) is 5.82 Å². The van der Waals surface area contributed by atoms with Crippen LogP contribution in [0.15, 0.2) is 12.4 Å². The van der Waals surface area contributed by atoms with Crippen molar-refractivity contribution in [3.8, 4) is 0 Å². The quantitative estimate of drug-likeness (QED) is 0.832. The maximum atomic E-state index is 8.87. The van der Waals surface area contributed by atoms with Crippen LogP contribution in [-0.4, -0.2) is 45.8 Å². The van der Waals surface area contributed by atoms with E-state index in [1.807, 2.05) is 12.4 Å². The first kappa shape index (κ1) is 12.6. The van der Waals surface area contributed by atoms with E-state index in [1.165, 1.54) is 25.2 Å². The standard InChI is InChI=1S/C13H23N3O/c1-15-8-5-14-13(15)10-12-4-2-6-16(11-12)7-3-9-17/h5,8,12,17H,2-4,6-7,9-11H2,1H3. The number of nitrogens with zero attached hydrogens (tertiary/aromatic N) is 3. The number of likely N-dealkylation sites (tertiary alicyclic amines) is 1. The molecule has 0 bridgehead atoms. The fourth-order valence-corrected chi connectivity index (χ4v) is 2.67. The van der Waals surface area contributed by atoms with Crippen molar-refractivity contribution in [3.05, 3.63) is 18.2 Å². The van der Waals surface area contributed by atoms with Gasteiger partial charge < -0.3 is 14.6 Å². The molecule has 0 amide bonds. The second-order valence-corrected chi connectivity index (χ2v) is 5.04. The van der Waals surface area contributed by atoms with Crippen LogP contribution in [0.3, 0.4) is 0 Å². The largest absolute Gasteiger partial charge is 0.396 e. The maximum absolute atomic E-state index is 8.87. The predicted molar refractivity (Wildman–Crippen MR) is 67.8 cm³/mol. The van der Waals surface area contributed by atoms with Gasteiger partial charge >= 0.3 is 0 Å². The number of piperidine rings is 1. The Labute approximate surface area is 103 Å². The Morgan fingerprint density at radius 2 is 2.41 bits per heavy atom. The van der Waals surface area contributed by atoms with Crippen molar-refractivity contribution < 1.29 is 5.11 Å². The van der Waals surface area contributed by atoms with Gasteiger partial charge in [0.25, 0.3) is 0 Å². The highest BCUT2D eigenvalue weighted by molar-refractivity contribution is 4.94. The monoisotopic (exact) mass is 237 g/mol. The molecular formula is C13H23N3O. The summed E-state index contributed by atoms with van der Waals surface area (Å²) in [6, 6.07) is 0. The van der Waals surface area contributed by atoms with E-state index in [0.717, 1.165) is 31.8 Å². The number of rotatable bonds is 5. The van der Waals surface area contributed by atoms with Gasteiger partial charge in [0, 0.05) is 45.6 Å². The summed E-state index contributed by atoms with van der Waals surface area (Å²) in [6.07, 6.45) is 8.46. The number of hydrogen-bond donors (Lipinski definition) is 1. The summed E-state index contributed by atoms with van der Waals surface area (Å²) in [5.74, 6) is 1.92. The Balaban J connectivity index is 1.83. The van der Waals surface area contributed by atoms with E-state index in [-0.39, 0.29) is 0 Å². The summed E-state index contributed by atoms with van der Waals surface area (Å²) >= 11 is 0. The van der Waals surface area contributed by atoms with Crippen LogP contribution < -0.4 is 0 Å². The normalized spacial score (nSPS) is 21.9. The first-order chi connectivity index (χ1) is 8.29. The molecule has 1 aromatic rings. The summed E-state index contributed by atoms with van der Waals surface area (Å²) in [7, 11) is 2.06. The number of hydrogen-bond acceptors (Lipinski definition) is 3. The molecule has 2 heterocycles. The lowest BCUT2D eigenvalue weighted by Gasteiger charge is -2.32. The van der Waals surface area contributed by atoms with Crippen LogP contribution >= 0.6 is 0 Å². The highest BCUT2D eigenvalue weighted by Crippen LogP contribution is 2.20. The Hall–Kier alpha value is -0.870. The van der Waals surface area contributed by atoms with Crippen molar-refractivity contribution in [2.45, 2.75) is 25.7 Å². The Kier molecular flexibility index (Phi) is 4.57. The zero-order valence-corrected chi connectivity index (χ0v) is 10.7. The van der Waals surface area contributed by atoms with E-state index in [9.17, 15) is 0 Å². The van der Waals surface area contributed by atoms with Crippen LogP contribution in [0.2, 0.25) is 0 Å². The third-order valence-electron chi connectivity index (χ3n) is 3.63. The minimum absolute atomic E-state index is 0.306. The average Bonchev–Trinajstić information content (AvgIpc) is 2.73. The lowest BCUT2D eigenvalue weighted by atomic mass is 9.94. The summed E-state index contributed by atoms with van der Waals surface area (Å²) in [5.41, 5.74) is 0. The molecule has 1 aromatic heterocycles. The molecule has 1 N–H and O–H groups in total. The van der Waals surface area contributed by atoms with Gasteiger partial charge in [-0.3, -0.25) is 0 Å². The molecule has 0 spiro atoms. The van der Waals surface area contributed by atoms with Crippen molar-refractivity contribution in [2.75, 3.05) is 26.2 Å². The van der Waals surface area contributed by atoms with Gasteiger partial charge in [0.2, 0.25) is 0 Å². The Morgan fingerprint density at radius 1 is 1.53 bits per heavy atom. The fourth-order valence-electron chi connectivity index (χ4n) is 2.67. The van der Waals surface area contributed by atoms with Crippen molar-refractivity contribution in [1.82, 2.24) is 14.5 Å². The molecule has 0 saturated carbocycles. The zero-order valence-electron chi connectivity index (χ0n) is 10.7. The molecule has 0 aromatic carbocycles. The number of aromatic nitrogens is 2. The molecule has 96 valence electrons. The van der Waals surface area contributed by atoms with Crippen LogP contribution in [0.25, 0.3) is 0 Å². The predicted octanol–water partition coefficient (Wildman–Crippen LogP) is 1.06. The molecule has 2 rings (SSSR count). The van der Waals surface area contributed by atoms with E-state index in [4.69, 9.17) is 5.11 Å². The number of aryl methyl sites for hydroxylation is 1. The van der Waals surface area contributed by atoms with Gasteiger partial charge in [0.15, 0.2) is 0 Å². The molecule has 1 unspecified atom stereocenters. The van der Waals surface area contributed by atoms with Gasteiger partial charge in [0.05, 0.1) is 0 Å². The molecule has 17 heavy (non-hydrogen) atoms. The molecule has 4 heteroatoms. The van der Waals surface area contributed by atoms with Gasteiger partial charge in [-0.2, -0.15) is 0 Å². The van der Waals surface area contributed by atoms with Crippen LogP contribution in [0, 0.1) is 5.92 Å². The minimum atomic E-state index is 0.306. The second-order valence-electron chi connectivity index (χ2n) is 5.04. The van der Waals surface area contributed by atoms with E-state index in [2.05, 4.69) is 21.5 Å². The molecule has 1 fully saturated rings. The average molecular weight is 237 g/mol. The first-order valence-corrected chi connectivity index (χ1v) is 6.59. The zero-order chi connectivity index (χ0) is 12.1. The summed E-state index contributed by atoms with van der Waals surface area (Å²) in [4.78, 5) is 6.88. The topological polar surface area (TPSA) is 41.3 Å². The molecule has 1 atom stereocenters. The van der Waals surface area contributed by atoms with Crippen molar-refractivity contribution >= 4 is 0 Å². The number of aliphatic hydroxyl groups excluding tert-OH is 1. The highest BCUT2D eigenvalue weighted by atomic mass is 16.3. The van der Waals surface area contributed by atoms with Crippen molar-refractivity contribution in [1.29, 1.82) is 0 Å². The molecule has 0 radical (unpaired) electrons. The Morgan fingerprint density at radius 3 is 3.12 bits per heavy atom. The number of aliphatic hydroxyl groups is 1. The van der Waals surface area contributed by atoms with Crippen molar-refractivity contribution in [2.24, 2.45) is 13.0 Å². The summed E-state index contributed by atoms with van der Waals surface area (Å²) in [5, 5.41) is 8.87. The molecule has 0 aliphatic carbocycles. The smallest absolute Gasteiger partial charge is 0.108 e. The molecule has 1 aliphatic rings. The molecule has 4 nitrogen and oxygen atoms in total. The number of imidazole rings is 1. The van der Waals surface area contributed by atoms with Crippen LogP contribution in [0.5, 0.6) is 0 Å². The molecule has 1 saturated heterocycles. The van der Waals surface area contributed by atoms with Gasteiger partial charge in [-0.1, -0.05) is 0 Å². The third kappa shape index (κ3) is 3.54. The Bertz CT molecular complexity index is 337. The summed E-state index contributed by atoms with van der Waals surface area (Å²) < 4.78 is 2.12. The van der Waals surface area contributed by atoms with Crippen LogP contribution in [0.4, 0.5) is 0 Å². The van der Waals surface area contributed by atoms with E-state index < -0.39 is 0 Å². The minimum Gasteiger partial charge on any atom is -0.396 e. The first-order valence-electron chi connectivity index (χ1n) is 6.59. The van der Waals surface area contributed by atoms with Crippen molar-refractivity contribution in [3.63, 3.8) is 0 Å². The SMILES string of the molecule is Cn1ccnc1CC1CCCN(CCCO)C1. The summed E-state index contributed by atoms with van der Waals surface area (Å²) in [6.45, 7) is 3.69. The lowest BCUT2D eigenvalue weighted by Crippen LogP contribution is -2.37. The van der Waals surface area contributed by atoms with E-state index in [0.29, 0.717) is 6.61 Å².